The van der Waals surface area contributed by atoms with Gasteiger partial charge in [0.1, 0.15) is 12.4 Å². The molecule has 238 valence electrons. The van der Waals surface area contributed by atoms with Gasteiger partial charge in [-0.1, -0.05) is 45.9 Å². The maximum absolute atomic E-state index is 13.1. The molecule has 5 N–H and O–H groups in total. The number of nitrogens with one attached hydrogen (secondary N) is 2. The number of methoxy groups -OCH3 is 1. The van der Waals surface area contributed by atoms with E-state index >= 15 is 0 Å². The molecule has 42 heavy (non-hydrogen) atoms. The molecule has 0 spiro atoms. The first kappa shape index (κ1) is 35.7. The highest BCUT2D eigenvalue weighted by molar-refractivity contribution is 5.96. The lowest BCUT2D eigenvalue weighted by atomic mass is 9.83. The summed E-state index contributed by atoms with van der Waals surface area (Å²) in [5.41, 5.74) is 6.95. The Labute approximate surface area is 252 Å². The largest absolute Gasteiger partial charge is 0.489 e. The lowest BCUT2D eigenvalue weighted by molar-refractivity contribution is -0.127. The van der Waals surface area contributed by atoms with Crippen LogP contribution in [0.15, 0.2) is 36.4 Å². The van der Waals surface area contributed by atoms with Crippen molar-refractivity contribution in [2.75, 3.05) is 66.3 Å². The van der Waals surface area contributed by atoms with E-state index in [1.54, 1.807) is 25.3 Å². The summed E-state index contributed by atoms with van der Waals surface area (Å²) in [6.45, 7) is 13.9. The summed E-state index contributed by atoms with van der Waals surface area (Å²) in [6, 6.07) is 6.62. The van der Waals surface area contributed by atoms with Gasteiger partial charge in [0.05, 0.1) is 31.5 Å². The van der Waals surface area contributed by atoms with Crippen molar-refractivity contribution < 1.29 is 28.9 Å². The number of ether oxygens (including phenoxy) is 3. The van der Waals surface area contributed by atoms with E-state index in [-0.39, 0.29) is 35.5 Å². The molecule has 1 aliphatic heterocycles. The summed E-state index contributed by atoms with van der Waals surface area (Å²) in [6.07, 6.45) is 3.68. The van der Waals surface area contributed by atoms with E-state index in [2.05, 4.69) is 29.4 Å². The molecule has 1 aliphatic rings. The summed E-state index contributed by atoms with van der Waals surface area (Å²) in [7, 11) is 1.62. The van der Waals surface area contributed by atoms with Crippen molar-refractivity contribution >= 4 is 11.8 Å². The molecular weight excluding hydrogens is 536 g/mol. The topological polar surface area (TPSA) is 135 Å². The summed E-state index contributed by atoms with van der Waals surface area (Å²) in [4.78, 5) is 28.3. The van der Waals surface area contributed by atoms with Gasteiger partial charge in [-0.15, -0.1) is 0 Å². The van der Waals surface area contributed by atoms with Crippen molar-refractivity contribution in [3.05, 3.63) is 42.0 Å². The van der Waals surface area contributed by atoms with Crippen LogP contribution in [-0.4, -0.2) is 100 Å². The number of carbonyl (C=O) groups excluding carboxylic acids is 2. The average Bonchev–Trinajstić information content (AvgIpc) is 2.97. The zero-order chi connectivity index (χ0) is 30.9. The van der Waals surface area contributed by atoms with Gasteiger partial charge in [0, 0.05) is 51.8 Å². The number of carbonyl (C=O) groups is 2. The van der Waals surface area contributed by atoms with Crippen molar-refractivity contribution in [1.82, 2.24) is 15.5 Å². The minimum Gasteiger partial charge on any atom is -0.489 e. The molecule has 0 bridgehead atoms. The number of rotatable bonds is 19. The summed E-state index contributed by atoms with van der Waals surface area (Å²) < 4.78 is 16.2. The molecular formula is C32H54N4O6. The number of hydrogen-bond donors (Lipinski definition) is 4. The number of morpholine rings is 1. The molecule has 4 atom stereocenters. The SMILES string of the molecule is COCC=CCOc1ccccc1C(=O)NCC(CC(N)C(O)CC(C(=O)NCCN1CCOCC1)C(C)C)C(C)C. The second-order valence-electron chi connectivity index (χ2n) is 11.7. The maximum Gasteiger partial charge on any atom is 0.255 e. The summed E-state index contributed by atoms with van der Waals surface area (Å²) >= 11 is 0. The third-order valence-corrected chi connectivity index (χ3v) is 7.90. The van der Waals surface area contributed by atoms with Crippen LogP contribution in [0.4, 0.5) is 0 Å². The first-order chi connectivity index (χ1) is 20.1. The van der Waals surface area contributed by atoms with Gasteiger partial charge in [0.25, 0.3) is 5.91 Å². The number of para-hydroxylation sites is 1. The Morgan fingerprint density at radius 2 is 1.74 bits per heavy atom. The zero-order valence-corrected chi connectivity index (χ0v) is 26.2. The number of nitrogens with zero attached hydrogens (tertiary/aromatic N) is 1. The Bertz CT molecular complexity index is 951. The molecule has 10 heteroatoms. The normalized spacial score (nSPS) is 17.3. The van der Waals surface area contributed by atoms with Gasteiger partial charge >= 0.3 is 0 Å². The van der Waals surface area contributed by atoms with Crippen LogP contribution in [0, 0.1) is 23.7 Å². The number of hydrogen-bond acceptors (Lipinski definition) is 8. The molecule has 1 heterocycles. The molecule has 0 aliphatic carbocycles. The van der Waals surface area contributed by atoms with Gasteiger partial charge in [-0.2, -0.15) is 0 Å². The van der Waals surface area contributed by atoms with E-state index < -0.39 is 12.1 Å². The van der Waals surface area contributed by atoms with E-state index in [9.17, 15) is 14.7 Å². The van der Waals surface area contributed by atoms with Gasteiger partial charge in [-0.05, 0) is 48.8 Å². The van der Waals surface area contributed by atoms with E-state index in [0.29, 0.717) is 50.5 Å². The number of aliphatic hydroxyl groups excluding tert-OH is 1. The smallest absolute Gasteiger partial charge is 0.255 e. The van der Waals surface area contributed by atoms with Gasteiger partial charge in [0.2, 0.25) is 5.91 Å². The number of benzene rings is 1. The highest BCUT2D eigenvalue weighted by atomic mass is 16.5. The third-order valence-electron chi connectivity index (χ3n) is 7.90. The Hall–Kier alpha value is -2.50. The number of amides is 2. The van der Waals surface area contributed by atoms with Gasteiger partial charge in [-0.25, -0.2) is 0 Å². The van der Waals surface area contributed by atoms with Crippen LogP contribution in [0.1, 0.15) is 50.9 Å². The van der Waals surface area contributed by atoms with Gasteiger partial charge < -0.3 is 35.7 Å². The Balaban J connectivity index is 1.88. The lowest BCUT2D eigenvalue weighted by Gasteiger charge is -2.30. The van der Waals surface area contributed by atoms with Crippen LogP contribution in [0.3, 0.4) is 0 Å². The second-order valence-corrected chi connectivity index (χ2v) is 11.7. The van der Waals surface area contributed by atoms with Crippen LogP contribution < -0.4 is 21.1 Å². The number of aliphatic hydroxyl groups is 1. The van der Waals surface area contributed by atoms with Gasteiger partial charge in [0.15, 0.2) is 0 Å². The summed E-state index contributed by atoms with van der Waals surface area (Å²) in [5.74, 6) is 0.233. The van der Waals surface area contributed by atoms with E-state index in [4.69, 9.17) is 19.9 Å². The van der Waals surface area contributed by atoms with Crippen molar-refractivity contribution in [3.63, 3.8) is 0 Å². The fourth-order valence-corrected chi connectivity index (χ4v) is 4.98. The van der Waals surface area contributed by atoms with E-state index in [1.807, 2.05) is 32.1 Å². The lowest BCUT2D eigenvalue weighted by Crippen LogP contribution is -2.45. The van der Waals surface area contributed by atoms with Gasteiger partial charge in [-0.3, -0.25) is 14.5 Å². The molecule has 2 amide bonds. The predicted molar refractivity (Wildman–Crippen MR) is 165 cm³/mol. The highest BCUT2D eigenvalue weighted by Crippen LogP contribution is 2.24. The van der Waals surface area contributed by atoms with Crippen molar-refractivity contribution in [2.24, 2.45) is 29.4 Å². The van der Waals surface area contributed by atoms with Crippen molar-refractivity contribution in [2.45, 2.75) is 52.7 Å². The zero-order valence-electron chi connectivity index (χ0n) is 26.2. The molecule has 0 radical (unpaired) electrons. The minimum absolute atomic E-state index is 0.0449. The molecule has 1 aromatic rings. The molecule has 1 aromatic carbocycles. The van der Waals surface area contributed by atoms with Crippen molar-refractivity contribution in [1.29, 1.82) is 0 Å². The first-order valence-electron chi connectivity index (χ1n) is 15.3. The predicted octanol–water partition coefficient (Wildman–Crippen LogP) is 2.46. The average molecular weight is 591 g/mol. The van der Waals surface area contributed by atoms with Crippen LogP contribution in [0.25, 0.3) is 0 Å². The fourth-order valence-electron chi connectivity index (χ4n) is 4.98. The second kappa shape index (κ2) is 19.6. The van der Waals surface area contributed by atoms with Crippen LogP contribution in [0.2, 0.25) is 0 Å². The minimum atomic E-state index is -0.834. The Morgan fingerprint density at radius 1 is 1.05 bits per heavy atom. The fraction of sp³-hybridized carbons (Fsp3) is 0.688. The van der Waals surface area contributed by atoms with Crippen LogP contribution >= 0.6 is 0 Å². The monoisotopic (exact) mass is 590 g/mol. The van der Waals surface area contributed by atoms with E-state index in [0.717, 1.165) is 32.8 Å². The molecule has 0 saturated carbocycles. The molecule has 4 unspecified atom stereocenters. The Morgan fingerprint density at radius 3 is 2.40 bits per heavy atom. The molecule has 2 rings (SSSR count). The number of nitrogens with two attached hydrogens (primary N) is 1. The highest BCUT2D eigenvalue weighted by Gasteiger charge is 2.30. The summed E-state index contributed by atoms with van der Waals surface area (Å²) in [5, 5.41) is 17.1. The standard InChI is InChI=1S/C32H54N4O6/c1-23(2)25(22-35-31(38)26-10-6-7-11-30(26)42-17-9-8-16-40-5)20-28(33)29(37)21-27(24(3)4)32(39)34-12-13-36-14-18-41-19-15-36/h6-11,23-25,27-29,37H,12-22,33H2,1-5H3,(H,34,39)(H,35,38). The molecule has 0 aromatic heterocycles. The van der Waals surface area contributed by atoms with Crippen LogP contribution in [-0.2, 0) is 14.3 Å². The van der Waals surface area contributed by atoms with Crippen LogP contribution in [0.5, 0.6) is 5.75 Å². The maximum atomic E-state index is 13.1. The first-order valence-corrected chi connectivity index (χ1v) is 15.3. The molecule has 1 fully saturated rings. The van der Waals surface area contributed by atoms with Crippen molar-refractivity contribution in [3.8, 4) is 5.75 Å². The third kappa shape index (κ3) is 12.8. The quantitative estimate of drug-likeness (QED) is 0.181. The Kier molecular flexibility index (Phi) is 16.7. The van der Waals surface area contributed by atoms with E-state index in [1.165, 1.54) is 0 Å². The molecule has 10 nitrogen and oxygen atoms in total. The molecule has 1 saturated heterocycles.